The summed E-state index contributed by atoms with van der Waals surface area (Å²) in [5, 5.41) is 8.07. The lowest BCUT2D eigenvalue weighted by atomic mass is 9.62. The molecule has 290 valence electrons. The van der Waals surface area contributed by atoms with Gasteiger partial charge >= 0.3 is 0 Å². The van der Waals surface area contributed by atoms with E-state index in [0.717, 1.165) is 6.42 Å². The third-order valence-electron chi connectivity index (χ3n) is 15.7. The molecule has 0 radical (unpaired) electrons. The molecule has 0 saturated heterocycles. The summed E-state index contributed by atoms with van der Waals surface area (Å²) in [6.45, 7) is 9.53. The van der Waals surface area contributed by atoms with Crippen molar-refractivity contribution in [3.8, 4) is 33.4 Å². The van der Waals surface area contributed by atoms with Gasteiger partial charge in [-0.1, -0.05) is 173 Å². The lowest BCUT2D eigenvalue weighted by molar-refractivity contribution is 0.660. The first-order valence-corrected chi connectivity index (χ1v) is 22.0. The SMILES string of the molecule is CC1(C)c2ccccc2-c2cc(N(c3ccc4c(c3)-c3ccccc3C4(C)C)N3c4ccc5c6c4C4=c7c(cccc7=CCC43)C6(c3ccccc3)c3ccccc3-5)ccc21. The van der Waals surface area contributed by atoms with E-state index in [0.29, 0.717) is 0 Å². The highest BCUT2D eigenvalue weighted by atomic mass is 15.6. The van der Waals surface area contributed by atoms with Crippen LogP contribution < -0.4 is 20.5 Å². The van der Waals surface area contributed by atoms with Gasteiger partial charge in [-0.2, -0.15) is 0 Å². The Morgan fingerprint density at radius 2 is 1.02 bits per heavy atom. The minimum absolute atomic E-state index is 0.0765. The van der Waals surface area contributed by atoms with Gasteiger partial charge < -0.3 is 0 Å². The molecule has 0 fully saturated rings. The molecule has 1 aliphatic heterocycles. The Hall–Kier alpha value is -6.90. The summed E-state index contributed by atoms with van der Waals surface area (Å²) in [4.78, 5) is 0. The van der Waals surface area contributed by atoms with Gasteiger partial charge in [-0.15, -0.1) is 0 Å². The van der Waals surface area contributed by atoms with Crippen LogP contribution in [0.25, 0.3) is 45.0 Å². The van der Waals surface area contributed by atoms with Crippen LogP contribution in [0, 0.1) is 0 Å². The van der Waals surface area contributed by atoms with Gasteiger partial charge in [-0.25, -0.2) is 0 Å². The lowest BCUT2D eigenvalue weighted by Gasteiger charge is -2.41. The van der Waals surface area contributed by atoms with E-state index in [9.17, 15) is 0 Å². The zero-order valence-electron chi connectivity index (χ0n) is 34.9. The minimum Gasteiger partial charge on any atom is -0.272 e. The van der Waals surface area contributed by atoms with Gasteiger partial charge in [-0.3, -0.25) is 10.0 Å². The van der Waals surface area contributed by atoms with Gasteiger partial charge in [-0.05, 0) is 131 Å². The second-order valence-electron chi connectivity index (χ2n) is 19.1. The molecule has 61 heavy (non-hydrogen) atoms. The summed E-state index contributed by atoms with van der Waals surface area (Å²) >= 11 is 0. The third kappa shape index (κ3) is 3.92. The maximum absolute atomic E-state index is 2.70. The highest BCUT2D eigenvalue weighted by Crippen LogP contribution is 2.63. The highest BCUT2D eigenvalue weighted by Gasteiger charge is 2.55. The van der Waals surface area contributed by atoms with Crippen LogP contribution in [0.1, 0.15) is 84.2 Å². The number of nitrogens with zero attached hydrogens (tertiary/aromatic N) is 2. The van der Waals surface area contributed by atoms with Gasteiger partial charge in [0.2, 0.25) is 0 Å². The molecule has 0 spiro atoms. The summed E-state index contributed by atoms with van der Waals surface area (Å²) in [6.07, 6.45) is 3.44. The monoisotopic (exact) mass is 780 g/mol. The third-order valence-corrected chi connectivity index (χ3v) is 15.7. The molecule has 5 aliphatic carbocycles. The van der Waals surface area contributed by atoms with Crippen molar-refractivity contribution >= 4 is 28.7 Å². The molecule has 0 saturated carbocycles. The molecular formula is C59H44N2. The Balaban J connectivity index is 1.09. The average Bonchev–Trinajstić information content (AvgIpc) is 3.94. The van der Waals surface area contributed by atoms with Crippen molar-refractivity contribution in [2.24, 2.45) is 0 Å². The Kier molecular flexibility index (Phi) is 6.26. The van der Waals surface area contributed by atoms with Crippen LogP contribution in [0.2, 0.25) is 0 Å². The zero-order chi connectivity index (χ0) is 40.6. The maximum Gasteiger partial charge on any atom is 0.0807 e. The Morgan fingerprint density at radius 3 is 1.66 bits per heavy atom. The number of benzene rings is 8. The van der Waals surface area contributed by atoms with Crippen LogP contribution >= 0.6 is 0 Å². The van der Waals surface area contributed by atoms with Crippen molar-refractivity contribution in [1.82, 2.24) is 0 Å². The van der Waals surface area contributed by atoms with Crippen LogP contribution in [0.3, 0.4) is 0 Å². The number of hydrogen-bond acceptors (Lipinski definition) is 2. The van der Waals surface area contributed by atoms with E-state index in [1.54, 1.807) is 0 Å². The quantitative estimate of drug-likeness (QED) is 0.175. The summed E-state index contributed by atoms with van der Waals surface area (Å²) in [6, 6.07) is 65.4. The smallest absolute Gasteiger partial charge is 0.0807 e. The number of anilines is 3. The predicted octanol–water partition coefficient (Wildman–Crippen LogP) is 12.3. The number of rotatable bonds is 4. The van der Waals surface area contributed by atoms with E-state index in [4.69, 9.17) is 0 Å². The summed E-state index contributed by atoms with van der Waals surface area (Å²) in [5.41, 5.74) is 25.1. The first kappa shape index (κ1) is 33.9. The zero-order valence-corrected chi connectivity index (χ0v) is 34.9. The maximum atomic E-state index is 2.70. The van der Waals surface area contributed by atoms with Gasteiger partial charge in [0, 0.05) is 16.4 Å². The standard InChI is InChI=1S/C59H44N2/c1-57(2)45-21-11-8-19-40(45)43-33-37(26-29-47(43)57)60(38-27-30-48-44(34-38)41-20-9-12-22-46(41)58(48,3)4)61-51-31-25-35-15-14-24-50-53(35)54(51)55-52(61)32-28-42-39-18-10-13-23-49(39)59(50,56(42)55)36-16-6-5-7-17-36/h5-30,32-34,51H,31H2,1-4H3. The largest absolute Gasteiger partial charge is 0.272 e. The Labute approximate surface area is 357 Å². The fraction of sp³-hybridized carbons (Fsp3) is 0.153. The van der Waals surface area contributed by atoms with Crippen LogP contribution in [0.5, 0.6) is 0 Å². The Morgan fingerprint density at radius 1 is 0.475 bits per heavy atom. The average molecular weight is 781 g/mol. The van der Waals surface area contributed by atoms with E-state index < -0.39 is 5.41 Å². The molecule has 14 rings (SSSR count). The van der Waals surface area contributed by atoms with Gasteiger partial charge in [0.25, 0.3) is 0 Å². The first-order valence-electron chi connectivity index (χ1n) is 22.0. The van der Waals surface area contributed by atoms with Crippen molar-refractivity contribution in [2.75, 3.05) is 10.0 Å². The number of fused-ring (bicyclic) bond motifs is 10. The highest BCUT2D eigenvalue weighted by molar-refractivity contribution is 6.03. The molecule has 2 heteroatoms. The molecule has 2 unspecified atom stereocenters. The molecule has 2 atom stereocenters. The van der Waals surface area contributed by atoms with Gasteiger partial charge in [0.05, 0.1) is 28.5 Å². The topological polar surface area (TPSA) is 6.48 Å². The molecule has 2 nitrogen and oxygen atoms in total. The van der Waals surface area contributed by atoms with Crippen molar-refractivity contribution in [3.63, 3.8) is 0 Å². The van der Waals surface area contributed by atoms with Gasteiger partial charge in [0.1, 0.15) is 0 Å². The normalized spacial score (nSPS) is 20.0. The summed E-state index contributed by atoms with van der Waals surface area (Å²) in [7, 11) is 0. The van der Waals surface area contributed by atoms with Gasteiger partial charge in [0.15, 0.2) is 0 Å². The fourth-order valence-corrected chi connectivity index (χ4v) is 13.2. The van der Waals surface area contributed by atoms with Crippen molar-refractivity contribution in [1.29, 1.82) is 0 Å². The predicted molar refractivity (Wildman–Crippen MR) is 251 cm³/mol. The first-order chi connectivity index (χ1) is 29.8. The summed E-state index contributed by atoms with van der Waals surface area (Å²) in [5.74, 6) is 0. The molecule has 6 aliphatic rings. The van der Waals surface area contributed by atoms with Crippen molar-refractivity contribution in [3.05, 3.63) is 230 Å². The van der Waals surface area contributed by atoms with Crippen LogP contribution in [0.4, 0.5) is 17.1 Å². The minimum atomic E-state index is -0.435. The van der Waals surface area contributed by atoms with Crippen LogP contribution in [-0.2, 0) is 16.2 Å². The fourth-order valence-electron chi connectivity index (χ4n) is 13.2. The van der Waals surface area contributed by atoms with Crippen molar-refractivity contribution in [2.45, 2.75) is 56.4 Å². The molecule has 8 aromatic carbocycles. The molecule has 1 heterocycles. The second-order valence-corrected chi connectivity index (χ2v) is 19.1. The van der Waals surface area contributed by atoms with E-state index in [1.807, 2.05) is 0 Å². The van der Waals surface area contributed by atoms with Crippen LogP contribution in [-0.4, -0.2) is 6.04 Å². The van der Waals surface area contributed by atoms with E-state index >= 15 is 0 Å². The summed E-state index contributed by atoms with van der Waals surface area (Å²) < 4.78 is 0. The number of hydrogen-bond donors (Lipinski definition) is 0. The van der Waals surface area contributed by atoms with E-state index in [2.05, 4.69) is 214 Å². The molecule has 0 amide bonds. The molecular weight excluding hydrogens is 737 g/mol. The molecule has 0 bridgehead atoms. The number of hydrazine groups is 1. The van der Waals surface area contributed by atoms with Crippen LogP contribution in [0.15, 0.2) is 170 Å². The molecule has 0 aromatic heterocycles. The lowest BCUT2D eigenvalue weighted by Crippen LogP contribution is -2.50. The molecule has 8 aromatic rings. The van der Waals surface area contributed by atoms with Crippen molar-refractivity contribution < 1.29 is 0 Å². The molecule has 0 N–H and O–H groups in total. The van der Waals surface area contributed by atoms with E-state index in [1.165, 1.54) is 117 Å². The Bertz CT molecular complexity index is 3320. The van der Waals surface area contributed by atoms with E-state index in [-0.39, 0.29) is 16.9 Å². The second kappa shape index (κ2) is 11.3.